The Morgan fingerprint density at radius 2 is 1.57 bits per heavy atom. The molecule has 0 spiro atoms. The summed E-state index contributed by atoms with van der Waals surface area (Å²) in [4.78, 5) is 45.4. The molecular formula is C22H25N13O7. The zero-order valence-corrected chi connectivity index (χ0v) is 21.5. The van der Waals surface area contributed by atoms with Gasteiger partial charge in [-0.2, -0.15) is 9.97 Å². The van der Waals surface area contributed by atoms with Crippen LogP contribution < -0.4 is 22.6 Å². The molecule has 0 aromatic carbocycles. The molecule has 7 rings (SSSR count). The Hall–Kier alpha value is -4.76. The molecule has 5 aromatic heterocycles. The van der Waals surface area contributed by atoms with E-state index in [0.29, 0.717) is 12.1 Å². The van der Waals surface area contributed by atoms with E-state index in [9.17, 15) is 24.9 Å². The van der Waals surface area contributed by atoms with Crippen molar-refractivity contribution in [1.29, 1.82) is 0 Å². The van der Waals surface area contributed by atoms with Crippen molar-refractivity contribution in [3.8, 4) is 0 Å². The monoisotopic (exact) mass is 583 g/mol. The van der Waals surface area contributed by atoms with Gasteiger partial charge in [-0.3, -0.25) is 28.7 Å². The topological polar surface area (TPSA) is 289 Å². The van der Waals surface area contributed by atoms with Gasteiger partial charge in [-0.15, -0.1) is 5.10 Å². The van der Waals surface area contributed by atoms with Crippen LogP contribution in [-0.2, 0) is 15.9 Å². The van der Waals surface area contributed by atoms with Crippen LogP contribution in [0.4, 0.5) is 11.9 Å². The molecule has 2 aliphatic heterocycles. The molecule has 220 valence electrons. The molecule has 9 N–H and O–H groups in total. The lowest BCUT2D eigenvalue weighted by Gasteiger charge is -2.16. The van der Waals surface area contributed by atoms with Crippen LogP contribution in [-0.4, -0.2) is 100 Å². The van der Waals surface area contributed by atoms with Crippen LogP contribution in [0.25, 0.3) is 22.3 Å². The second kappa shape index (κ2) is 9.66. The molecule has 5 aromatic rings. The van der Waals surface area contributed by atoms with Crippen molar-refractivity contribution in [2.75, 3.05) is 18.1 Å². The quantitative estimate of drug-likeness (QED) is 0.103. The lowest BCUT2D eigenvalue weighted by atomic mass is 10.1. The van der Waals surface area contributed by atoms with E-state index in [2.05, 4.69) is 40.2 Å². The lowest BCUT2D eigenvalue weighted by molar-refractivity contribution is -0.0347. The van der Waals surface area contributed by atoms with Crippen LogP contribution in [0.5, 0.6) is 0 Å². The number of ether oxygens (including phenoxy) is 2. The summed E-state index contributed by atoms with van der Waals surface area (Å²) in [7, 11) is 0. The summed E-state index contributed by atoms with van der Waals surface area (Å²) in [5.41, 5.74) is 11.2. The first-order valence-electron chi connectivity index (χ1n) is 12.8. The highest BCUT2D eigenvalue weighted by molar-refractivity contribution is 5.71. The van der Waals surface area contributed by atoms with Crippen LogP contribution in [0.3, 0.4) is 0 Å². The van der Waals surface area contributed by atoms with Gasteiger partial charge in [-0.25, -0.2) is 14.6 Å². The highest BCUT2D eigenvalue weighted by Crippen LogP contribution is 2.38. The predicted molar refractivity (Wildman–Crippen MR) is 139 cm³/mol. The summed E-state index contributed by atoms with van der Waals surface area (Å²) < 4.78 is 16.4. The number of anilines is 2. The van der Waals surface area contributed by atoms with E-state index < -0.39 is 54.0 Å². The van der Waals surface area contributed by atoms with Crippen molar-refractivity contribution < 1.29 is 24.8 Å². The highest BCUT2D eigenvalue weighted by Gasteiger charge is 2.45. The van der Waals surface area contributed by atoms with Crippen LogP contribution in [0.1, 0.15) is 30.6 Å². The minimum atomic E-state index is -1.37. The number of nitrogens with two attached hydrogens (primary N) is 2. The maximum absolute atomic E-state index is 12.2. The molecule has 20 heteroatoms. The molecule has 7 atom stereocenters. The number of rotatable bonds is 6. The molecule has 0 aliphatic carbocycles. The van der Waals surface area contributed by atoms with Gasteiger partial charge in [0.25, 0.3) is 11.1 Å². The number of aliphatic hydroxyl groups is 3. The number of nitrogens with one attached hydrogen (secondary N) is 2. The number of aromatic amines is 2. The minimum absolute atomic E-state index is 0.00569. The van der Waals surface area contributed by atoms with Crippen molar-refractivity contribution in [2.45, 2.75) is 55.8 Å². The maximum atomic E-state index is 12.2. The van der Waals surface area contributed by atoms with E-state index in [4.69, 9.17) is 20.9 Å². The zero-order valence-electron chi connectivity index (χ0n) is 21.5. The molecule has 2 aliphatic rings. The van der Waals surface area contributed by atoms with Gasteiger partial charge >= 0.3 is 0 Å². The van der Waals surface area contributed by atoms with Crippen molar-refractivity contribution in [3.05, 3.63) is 45.3 Å². The molecule has 42 heavy (non-hydrogen) atoms. The molecular weight excluding hydrogens is 558 g/mol. The SMILES string of the molecule is Nc1nc2c(ncn2[C@@H]2O[C@H](Cc3cn([C@H]4C[C@H](n5cnc6c(=O)[nH]c(N)nc65)O[C@@H]4CO)nn3)[C@@H](O)[C@@H]2O)c(=O)[nH]1. The van der Waals surface area contributed by atoms with Crippen molar-refractivity contribution in [2.24, 2.45) is 0 Å². The third kappa shape index (κ3) is 4.11. The Morgan fingerprint density at radius 3 is 2.24 bits per heavy atom. The largest absolute Gasteiger partial charge is 0.394 e. The third-order valence-corrected chi connectivity index (χ3v) is 7.51. The summed E-state index contributed by atoms with van der Waals surface area (Å²) in [6.45, 7) is -0.322. The third-order valence-electron chi connectivity index (χ3n) is 7.51. The van der Waals surface area contributed by atoms with Gasteiger partial charge in [0.15, 0.2) is 28.6 Å². The van der Waals surface area contributed by atoms with E-state index in [0.717, 1.165) is 0 Å². The van der Waals surface area contributed by atoms with Crippen LogP contribution in [0.15, 0.2) is 28.4 Å². The van der Waals surface area contributed by atoms with Gasteiger partial charge in [0.1, 0.15) is 24.5 Å². The van der Waals surface area contributed by atoms with Crippen molar-refractivity contribution in [3.63, 3.8) is 0 Å². The number of nitrogen functional groups attached to an aromatic ring is 2. The van der Waals surface area contributed by atoms with Gasteiger partial charge in [-0.1, -0.05) is 5.21 Å². The maximum Gasteiger partial charge on any atom is 0.280 e. The number of aliphatic hydroxyl groups excluding tert-OH is 3. The fourth-order valence-corrected chi connectivity index (χ4v) is 5.51. The average molecular weight is 584 g/mol. The Labute approximate surface area is 232 Å². The number of hydrogen-bond acceptors (Lipinski definition) is 15. The summed E-state index contributed by atoms with van der Waals surface area (Å²) in [5.74, 6) is -0.201. The Kier molecular flexibility index (Phi) is 6.02. The van der Waals surface area contributed by atoms with Gasteiger partial charge in [0, 0.05) is 19.0 Å². The normalized spacial score (nSPS) is 27.9. The number of aromatic nitrogens is 11. The van der Waals surface area contributed by atoms with Gasteiger partial charge < -0.3 is 36.3 Å². The van der Waals surface area contributed by atoms with Gasteiger partial charge in [0.05, 0.1) is 37.1 Å². The molecule has 2 fully saturated rings. The number of fused-ring (bicyclic) bond motifs is 2. The molecule has 0 bridgehead atoms. The molecule has 2 saturated heterocycles. The molecule has 20 nitrogen and oxygen atoms in total. The molecule has 0 amide bonds. The summed E-state index contributed by atoms with van der Waals surface area (Å²) >= 11 is 0. The second-order valence-corrected chi connectivity index (χ2v) is 10.1. The lowest BCUT2D eigenvalue weighted by Crippen LogP contribution is -2.32. The van der Waals surface area contributed by atoms with Gasteiger partial charge in [0.2, 0.25) is 11.9 Å². The molecule has 0 unspecified atom stereocenters. The van der Waals surface area contributed by atoms with Crippen molar-refractivity contribution >= 4 is 34.2 Å². The highest BCUT2D eigenvalue weighted by atomic mass is 16.6. The Balaban J connectivity index is 1.09. The smallest absolute Gasteiger partial charge is 0.280 e. The van der Waals surface area contributed by atoms with Crippen LogP contribution in [0, 0.1) is 0 Å². The first-order valence-corrected chi connectivity index (χ1v) is 12.8. The fraction of sp³-hybridized carbons (Fsp3) is 0.455. The first kappa shape index (κ1) is 26.2. The Bertz CT molecular complexity index is 1910. The van der Waals surface area contributed by atoms with Gasteiger partial charge in [-0.05, 0) is 0 Å². The Morgan fingerprint density at radius 1 is 0.929 bits per heavy atom. The molecule has 7 heterocycles. The summed E-state index contributed by atoms with van der Waals surface area (Å²) in [6, 6.07) is -0.447. The summed E-state index contributed by atoms with van der Waals surface area (Å²) in [5, 5.41) is 39.9. The van der Waals surface area contributed by atoms with E-state index in [-0.39, 0.29) is 47.3 Å². The standard InChI is InChI=1S/C22H25N13O7/c23-21-27-16-12(18(39)29-21)25-5-33(16)11-2-8(10(4-36)41-11)35-3-7(31-32-35)1-9-14(37)15(38)20(42-9)34-6-26-13-17(34)28-22(24)30-19(13)40/h3,5-6,8-11,14-15,20,36-38H,1-2,4H2,(H3,23,27,29,39)(H3,24,28,30,40)/t8-,9+,10+,11+,14+,15-,20+/m0/s1. The first-order chi connectivity index (χ1) is 20.2. The zero-order chi connectivity index (χ0) is 29.3. The number of nitrogens with zero attached hydrogens (tertiary/aromatic N) is 9. The molecule has 0 radical (unpaired) electrons. The minimum Gasteiger partial charge on any atom is -0.394 e. The number of imidazole rings is 2. The second-order valence-electron chi connectivity index (χ2n) is 10.1. The molecule has 0 saturated carbocycles. The van der Waals surface area contributed by atoms with Crippen LogP contribution in [0.2, 0.25) is 0 Å². The van der Waals surface area contributed by atoms with E-state index in [1.807, 2.05) is 0 Å². The number of hydrogen-bond donors (Lipinski definition) is 7. The fourth-order valence-electron chi connectivity index (χ4n) is 5.51. The average Bonchev–Trinajstić information content (AvgIpc) is 3.77. The number of H-pyrrole nitrogens is 2. The summed E-state index contributed by atoms with van der Waals surface area (Å²) in [6.07, 6.45) is -1.21. The predicted octanol–water partition coefficient (Wildman–Crippen LogP) is -3.31. The van der Waals surface area contributed by atoms with Crippen molar-refractivity contribution in [1.82, 2.24) is 54.0 Å². The van der Waals surface area contributed by atoms with E-state index >= 15 is 0 Å². The van der Waals surface area contributed by atoms with E-state index in [1.165, 1.54) is 17.2 Å². The van der Waals surface area contributed by atoms with E-state index in [1.54, 1.807) is 15.4 Å². The van der Waals surface area contributed by atoms with Crippen LogP contribution >= 0.6 is 0 Å².